The summed E-state index contributed by atoms with van der Waals surface area (Å²) in [5.41, 5.74) is 0.699. The molecule has 0 radical (unpaired) electrons. The predicted molar refractivity (Wildman–Crippen MR) is 77.5 cm³/mol. The minimum atomic E-state index is -0.316. The van der Waals surface area contributed by atoms with Gasteiger partial charge in [0.05, 0.1) is 10.4 Å². The van der Waals surface area contributed by atoms with Crippen molar-refractivity contribution in [1.29, 1.82) is 0 Å². The van der Waals surface area contributed by atoms with E-state index in [1.807, 2.05) is 10.6 Å². The Balaban J connectivity index is 2.48. The molecule has 0 fully saturated rings. The number of alkyl halides is 1. The molecule has 1 heterocycles. The van der Waals surface area contributed by atoms with Crippen molar-refractivity contribution in [1.82, 2.24) is 14.8 Å². The topological polar surface area (TPSA) is 30.7 Å². The van der Waals surface area contributed by atoms with Crippen LogP contribution in [-0.4, -0.2) is 14.8 Å². The zero-order chi connectivity index (χ0) is 14.0. The van der Waals surface area contributed by atoms with Gasteiger partial charge in [-0.1, -0.05) is 13.8 Å². The molecule has 0 aliphatic rings. The van der Waals surface area contributed by atoms with Gasteiger partial charge in [0.2, 0.25) is 0 Å². The highest BCUT2D eigenvalue weighted by atomic mass is 79.9. The zero-order valence-corrected chi connectivity index (χ0v) is 13.0. The number of hydrogen-bond donors (Lipinski definition) is 0. The van der Waals surface area contributed by atoms with E-state index in [9.17, 15) is 4.39 Å². The van der Waals surface area contributed by atoms with Crippen LogP contribution < -0.4 is 0 Å². The van der Waals surface area contributed by atoms with Gasteiger partial charge >= 0.3 is 0 Å². The first kappa shape index (κ1) is 14.5. The lowest BCUT2D eigenvalue weighted by atomic mass is 10.2. The Hall–Kier alpha value is -0.940. The fraction of sp³-hybridized carbons (Fsp3) is 0.385. The Kier molecular flexibility index (Phi) is 4.58. The van der Waals surface area contributed by atoms with Gasteiger partial charge in [0.1, 0.15) is 11.6 Å². The van der Waals surface area contributed by atoms with E-state index in [0.29, 0.717) is 33.5 Å². The molecule has 6 heteroatoms. The fourth-order valence-electron chi connectivity index (χ4n) is 1.84. The molecule has 0 amide bonds. The van der Waals surface area contributed by atoms with E-state index in [1.54, 1.807) is 6.07 Å². The third kappa shape index (κ3) is 3.15. The van der Waals surface area contributed by atoms with E-state index < -0.39 is 0 Å². The fourth-order valence-corrected chi connectivity index (χ4v) is 2.28. The molecule has 2 aromatic rings. The van der Waals surface area contributed by atoms with Crippen LogP contribution in [0.3, 0.4) is 0 Å². The maximum Gasteiger partial charge on any atom is 0.164 e. The zero-order valence-electron chi connectivity index (χ0n) is 10.7. The molecular weight excluding hydrogens is 333 g/mol. The number of benzene rings is 1. The first-order valence-corrected chi connectivity index (χ1v) is 7.29. The van der Waals surface area contributed by atoms with Crippen molar-refractivity contribution in [2.24, 2.45) is 5.92 Å². The van der Waals surface area contributed by atoms with Crippen LogP contribution in [0.1, 0.15) is 19.7 Å². The van der Waals surface area contributed by atoms with Crippen LogP contribution in [0.5, 0.6) is 0 Å². The van der Waals surface area contributed by atoms with E-state index in [2.05, 4.69) is 40.0 Å². The molecule has 2 rings (SSSR count). The number of rotatable bonds is 4. The Morgan fingerprint density at radius 2 is 2.11 bits per heavy atom. The molecule has 0 saturated carbocycles. The highest BCUT2D eigenvalue weighted by molar-refractivity contribution is 9.10. The molecule has 0 atom stereocenters. The van der Waals surface area contributed by atoms with E-state index in [0.717, 1.165) is 6.54 Å². The normalized spacial score (nSPS) is 11.3. The molecule has 102 valence electrons. The SMILES string of the molecule is CC(C)Cn1c(CCl)nnc1-c1ccc(Br)c(F)c1. The molecule has 0 saturated heterocycles. The van der Waals surface area contributed by atoms with Gasteiger partial charge in [0, 0.05) is 12.1 Å². The van der Waals surface area contributed by atoms with Gasteiger partial charge in [-0.2, -0.15) is 0 Å². The van der Waals surface area contributed by atoms with Crippen LogP contribution in [0.2, 0.25) is 0 Å². The average molecular weight is 347 g/mol. The highest BCUT2D eigenvalue weighted by Gasteiger charge is 2.15. The number of hydrogen-bond acceptors (Lipinski definition) is 2. The Morgan fingerprint density at radius 1 is 1.37 bits per heavy atom. The molecule has 0 bridgehead atoms. The minimum Gasteiger partial charge on any atom is -0.310 e. The van der Waals surface area contributed by atoms with Crippen LogP contribution in [0, 0.1) is 11.7 Å². The van der Waals surface area contributed by atoms with Crippen molar-refractivity contribution in [2.45, 2.75) is 26.3 Å². The molecule has 0 aliphatic carbocycles. The smallest absolute Gasteiger partial charge is 0.164 e. The molecule has 1 aromatic heterocycles. The van der Waals surface area contributed by atoms with E-state index in [4.69, 9.17) is 11.6 Å². The van der Waals surface area contributed by atoms with Gasteiger partial charge in [-0.15, -0.1) is 21.8 Å². The third-order valence-corrected chi connectivity index (χ3v) is 3.55. The van der Waals surface area contributed by atoms with Crippen molar-refractivity contribution >= 4 is 27.5 Å². The molecule has 3 nitrogen and oxygen atoms in total. The maximum absolute atomic E-state index is 13.6. The highest BCUT2D eigenvalue weighted by Crippen LogP contribution is 2.25. The summed E-state index contributed by atoms with van der Waals surface area (Å²) in [6.45, 7) is 4.95. The quantitative estimate of drug-likeness (QED) is 0.775. The van der Waals surface area contributed by atoms with Gasteiger partial charge < -0.3 is 4.57 Å². The van der Waals surface area contributed by atoms with Gasteiger partial charge in [-0.3, -0.25) is 0 Å². The Bertz CT molecular complexity index is 583. The summed E-state index contributed by atoms with van der Waals surface area (Å²) in [4.78, 5) is 0. The summed E-state index contributed by atoms with van der Waals surface area (Å²) in [7, 11) is 0. The molecule has 0 unspecified atom stereocenters. The summed E-state index contributed by atoms with van der Waals surface area (Å²) in [5.74, 6) is 1.75. The van der Waals surface area contributed by atoms with Crippen LogP contribution in [-0.2, 0) is 12.4 Å². The molecule has 0 aliphatic heterocycles. The van der Waals surface area contributed by atoms with E-state index in [1.165, 1.54) is 6.07 Å². The van der Waals surface area contributed by atoms with Crippen molar-refractivity contribution in [3.05, 3.63) is 34.3 Å². The lowest BCUT2D eigenvalue weighted by molar-refractivity contribution is 0.515. The van der Waals surface area contributed by atoms with Crippen molar-refractivity contribution in [3.8, 4) is 11.4 Å². The van der Waals surface area contributed by atoms with Gasteiger partial charge in [0.15, 0.2) is 5.82 Å². The van der Waals surface area contributed by atoms with E-state index in [-0.39, 0.29) is 5.82 Å². The van der Waals surface area contributed by atoms with Crippen LogP contribution >= 0.6 is 27.5 Å². The second-order valence-corrected chi connectivity index (χ2v) is 5.83. The third-order valence-electron chi connectivity index (χ3n) is 2.67. The van der Waals surface area contributed by atoms with Crippen molar-refractivity contribution in [2.75, 3.05) is 0 Å². The second kappa shape index (κ2) is 6.01. The number of halogens is 3. The van der Waals surface area contributed by atoms with Gasteiger partial charge in [-0.25, -0.2) is 4.39 Å². The summed E-state index contributed by atoms with van der Waals surface area (Å²) in [5, 5.41) is 8.19. The van der Waals surface area contributed by atoms with Gasteiger partial charge in [0.25, 0.3) is 0 Å². The Labute approximate surface area is 124 Å². The number of aromatic nitrogens is 3. The minimum absolute atomic E-state index is 0.290. The maximum atomic E-state index is 13.6. The lowest BCUT2D eigenvalue weighted by Gasteiger charge is -2.12. The first-order valence-electron chi connectivity index (χ1n) is 5.96. The molecule has 0 spiro atoms. The Morgan fingerprint density at radius 3 is 2.68 bits per heavy atom. The van der Waals surface area contributed by atoms with Crippen molar-refractivity contribution < 1.29 is 4.39 Å². The molecular formula is C13H14BrClFN3. The second-order valence-electron chi connectivity index (χ2n) is 4.71. The molecule has 1 aromatic carbocycles. The summed E-state index contributed by atoms with van der Waals surface area (Å²) < 4.78 is 16.0. The number of nitrogens with zero attached hydrogens (tertiary/aromatic N) is 3. The monoisotopic (exact) mass is 345 g/mol. The molecule has 0 N–H and O–H groups in total. The average Bonchev–Trinajstić information content (AvgIpc) is 2.75. The van der Waals surface area contributed by atoms with Gasteiger partial charge in [-0.05, 0) is 40.0 Å². The standard InChI is InChI=1S/C13H14BrClFN3/c1-8(2)7-19-12(6-15)17-18-13(19)9-3-4-10(14)11(16)5-9/h3-5,8H,6-7H2,1-2H3. The van der Waals surface area contributed by atoms with Crippen molar-refractivity contribution in [3.63, 3.8) is 0 Å². The summed E-state index contributed by atoms with van der Waals surface area (Å²) >= 11 is 9.01. The van der Waals surface area contributed by atoms with Crippen LogP contribution in [0.25, 0.3) is 11.4 Å². The van der Waals surface area contributed by atoms with E-state index >= 15 is 0 Å². The first-order chi connectivity index (χ1) is 9.02. The largest absolute Gasteiger partial charge is 0.310 e. The van der Waals surface area contributed by atoms with Crippen LogP contribution in [0.15, 0.2) is 22.7 Å². The molecule has 19 heavy (non-hydrogen) atoms. The van der Waals surface area contributed by atoms with Crippen LogP contribution in [0.4, 0.5) is 4.39 Å². The predicted octanol–water partition coefficient (Wildman–Crippen LogP) is 4.24. The summed E-state index contributed by atoms with van der Waals surface area (Å²) in [6, 6.07) is 4.92. The summed E-state index contributed by atoms with van der Waals surface area (Å²) in [6.07, 6.45) is 0. The lowest BCUT2D eigenvalue weighted by Crippen LogP contribution is -2.09.